The third-order valence-corrected chi connectivity index (χ3v) is 4.39. The topological polar surface area (TPSA) is 43.4 Å². The highest BCUT2D eigenvalue weighted by molar-refractivity contribution is 7.86. The van der Waals surface area contributed by atoms with Gasteiger partial charge in [-0.3, -0.25) is 4.18 Å². The first-order chi connectivity index (χ1) is 9.81. The molecular formula is C13H14O3S2. The molecule has 0 N–H and O–H groups in total. The molecule has 0 saturated carbocycles. The van der Waals surface area contributed by atoms with Gasteiger partial charge in [-0.2, -0.15) is 8.42 Å². The molecule has 5 heteroatoms. The van der Waals surface area contributed by atoms with Gasteiger partial charge in [-0.1, -0.05) is 23.7 Å². The maximum Gasteiger partial charge on any atom is 0.296 e. The number of hydrogen-bond acceptors (Lipinski definition) is 4. The van der Waals surface area contributed by atoms with E-state index in [0.29, 0.717) is 4.88 Å². The van der Waals surface area contributed by atoms with Crippen molar-refractivity contribution >= 4 is 21.5 Å². The van der Waals surface area contributed by atoms with Crippen molar-refractivity contribution in [2.75, 3.05) is 6.61 Å². The second-order valence-electron chi connectivity index (χ2n) is 3.72. The van der Waals surface area contributed by atoms with Gasteiger partial charge in [0, 0.05) is 11.3 Å². The maximum atomic E-state index is 12.0. The molecule has 3 nitrogen and oxygen atoms in total. The average Bonchev–Trinajstić information content (AvgIpc) is 2.67. The standard InChI is InChI=1S/C13H14O3S2/c1-11-4-6-13(7-5-11)18(14,15)16-9-8-12-3-2-10-17-12/h2-7,10H,8-9H2,1H3/i2D,3D,10D. The maximum absolute atomic E-state index is 12.0. The van der Waals surface area contributed by atoms with Crippen LogP contribution in [0.2, 0.25) is 0 Å². The van der Waals surface area contributed by atoms with Gasteiger partial charge in [-0.25, -0.2) is 0 Å². The summed E-state index contributed by atoms with van der Waals surface area (Å²) < 4.78 is 51.4. The molecule has 1 aromatic carbocycles. The van der Waals surface area contributed by atoms with Crippen molar-refractivity contribution in [2.24, 2.45) is 0 Å². The third kappa shape index (κ3) is 3.41. The lowest BCUT2D eigenvalue weighted by molar-refractivity contribution is 0.323. The average molecular weight is 285 g/mol. The SMILES string of the molecule is [2H]c1sc(CCOS(=O)(=O)c2ccc(C)cc2)c([2H])c1[2H]. The predicted molar refractivity (Wildman–Crippen MR) is 72.3 cm³/mol. The van der Waals surface area contributed by atoms with E-state index in [-0.39, 0.29) is 35.4 Å². The normalized spacial score (nSPS) is 13.9. The second kappa shape index (κ2) is 5.65. The first-order valence-corrected chi connectivity index (χ1v) is 7.55. The van der Waals surface area contributed by atoms with Crippen LogP contribution in [0, 0.1) is 6.92 Å². The molecule has 96 valence electrons. The summed E-state index contributed by atoms with van der Waals surface area (Å²) in [5, 5.41) is 0.0105. The molecule has 2 rings (SSSR count). The largest absolute Gasteiger partial charge is 0.296 e. The molecular weight excluding hydrogens is 268 g/mol. The van der Waals surface area contributed by atoms with Crippen molar-refractivity contribution in [1.29, 1.82) is 0 Å². The van der Waals surface area contributed by atoms with Crippen LogP contribution in [-0.2, 0) is 20.7 Å². The molecule has 0 aliphatic carbocycles. The van der Waals surface area contributed by atoms with E-state index in [9.17, 15) is 8.42 Å². The molecule has 0 aliphatic rings. The Morgan fingerprint density at radius 2 is 2.06 bits per heavy atom. The lowest BCUT2D eigenvalue weighted by Crippen LogP contribution is -2.08. The molecule has 0 saturated heterocycles. The van der Waals surface area contributed by atoms with Crippen molar-refractivity contribution in [3.05, 3.63) is 52.1 Å². The first kappa shape index (κ1) is 9.72. The van der Waals surface area contributed by atoms with Gasteiger partial charge in [-0.05, 0) is 30.5 Å². The van der Waals surface area contributed by atoms with Crippen LogP contribution >= 0.6 is 11.3 Å². The van der Waals surface area contributed by atoms with E-state index < -0.39 is 10.1 Å². The van der Waals surface area contributed by atoms with Gasteiger partial charge >= 0.3 is 0 Å². The highest BCUT2D eigenvalue weighted by Gasteiger charge is 2.14. The van der Waals surface area contributed by atoms with Gasteiger partial charge in [0.1, 0.15) is 0 Å². The van der Waals surface area contributed by atoms with Gasteiger partial charge in [-0.15, -0.1) is 11.3 Å². The van der Waals surface area contributed by atoms with E-state index in [4.69, 9.17) is 8.30 Å². The molecule has 0 aliphatic heterocycles. The number of benzene rings is 1. The molecule has 0 bridgehead atoms. The Morgan fingerprint density at radius 3 is 2.67 bits per heavy atom. The van der Waals surface area contributed by atoms with Gasteiger partial charge in [0.2, 0.25) is 0 Å². The first-order valence-electron chi connectivity index (χ1n) is 6.83. The summed E-state index contributed by atoms with van der Waals surface area (Å²) in [6.45, 7) is 1.75. The molecule has 1 heterocycles. The van der Waals surface area contributed by atoms with Crippen molar-refractivity contribution in [2.45, 2.75) is 18.2 Å². The summed E-state index contributed by atoms with van der Waals surface area (Å²) in [5.74, 6) is 0. The van der Waals surface area contributed by atoms with E-state index in [2.05, 4.69) is 0 Å². The third-order valence-electron chi connectivity index (χ3n) is 2.30. The van der Waals surface area contributed by atoms with Crippen molar-refractivity contribution < 1.29 is 16.7 Å². The zero-order valence-electron chi connectivity index (χ0n) is 12.8. The predicted octanol–water partition coefficient (Wildman–Crippen LogP) is 3.00. The second-order valence-corrected chi connectivity index (χ2v) is 6.23. The number of thiophene rings is 1. The summed E-state index contributed by atoms with van der Waals surface area (Å²) in [7, 11) is -3.81. The lowest BCUT2D eigenvalue weighted by atomic mass is 10.2. The van der Waals surface area contributed by atoms with Crippen LogP contribution in [0.1, 0.15) is 14.6 Å². The fourth-order valence-corrected chi connectivity index (χ4v) is 2.76. The summed E-state index contributed by atoms with van der Waals surface area (Å²) >= 11 is 1.01. The van der Waals surface area contributed by atoms with Crippen molar-refractivity contribution in [1.82, 2.24) is 0 Å². The lowest BCUT2D eigenvalue weighted by Gasteiger charge is -2.05. The minimum absolute atomic E-state index is 0.0105. The molecule has 18 heavy (non-hydrogen) atoms. The van der Waals surface area contributed by atoms with Crippen LogP contribution in [0.4, 0.5) is 0 Å². The Labute approximate surface area is 115 Å². The van der Waals surface area contributed by atoms with Crippen molar-refractivity contribution in [3.63, 3.8) is 0 Å². The molecule has 0 spiro atoms. The zero-order valence-corrected chi connectivity index (χ0v) is 11.4. The fraction of sp³-hybridized carbons (Fsp3) is 0.231. The highest BCUT2D eigenvalue weighted by atomic mass is 32.2. The Balaban J connectivity index is 2.02. The minimum atomic E-state index is -3.81. The summed E-state index contributed by atoms with van der Waals surface area (Å²) in [6, 6.07) is 6.19. The Morgan fingerprint density at radius 1 is 1.33 bits per heavy atom. The highest BCUT2D eigenvalue weighted by Crippen LogP contribution is 2.15. The quantitative estimate of drug-likeness (QED) is 0.793. The molecule has 0 fully saturated rings. The van der Waals surface area contributed by atoms with Gasteiger partial charge in [0.05, 0.1) is 15.6 Å². The smallest absolute Gasteiger partial charge is 0.266 e. The van der Waals surface area contributed by atoms with Crippen LogP contribution in [-0.4, -0.2) is 15.0 Å². The van der Waals surface area contributed by atoms with Gasteiger partial charge < -0.3 is 0 Å². The van der Waals surface area contributed by atoms with E-state index in [1.54, 1.807) is 12.1 Å². The Kier molecular flexibility index (Phi) is 3.05. The Bertz CT molecular complexity index is 737. The Hall–Kier alpha value is -1.17. The van der Waals surface area contributed by atoms with E-state index >= 15 is 0 Å². The van der Waals surface area contributed by atoms with Crippen molar-refractivity contribution in [3.8, 4) is 0 Å². The van der Waals surface area contributed by atoms with E-state index in [0.717, 1.165) is 16.9 Å². The molecule has 0 amide bonds. The van der Waals surface area contributed by atoms with Gasteiger partial charge in [0.25, 0.3) is 10.1 Å². The summed E-state index contributed by atoms with van der Waals surface area (Å²) in [5.41, 5.74) is 0.956. The van der Waals surface area contributed by atoms with Crippen LogP contribution in [0.25, 0.3) is 0 Å². The van der Waals surface area contributed by atoms with Crippen LogP contribution < -0.4 is 0 Å². The summed E-state index contributed by atoms with van der Waals surface area (Å²) in [6.07, 6.45) is 0.194. The molecule has 1 aromatic heterocycles. The number of hydrogen-bond donors (Lipinski definition) is 0. The minimum Gasteiger partial charge on any atom is -0.266 e. The number of aryl methyl sites for hydroxylation is 1. The molecule has 0 radical (unpaired) electrons. The number of rotatable bonds is 5. The molecule has 0 atom stereocenters. The monoisotopic (exact) mass is 285 g/mol. The van der Waals surface area contributed by atoms with Gasteiger partial charge in [0.15, 0.2) is 0 Å². The summed E-state index contributed by atoms with van der Waals surface area (Å²) in [4.78, 5) is 0.580. The molecule has 2 aromatic rings. The zero-order chi connectivity index (χ0) is 15.6. The molecule has 0 unspecified atom stereocenters. The van der Waals surface area contributed by atoms with Crippen LogP contribution in [0.3, 0.4) is 0 Å². The van der Waals surface area contributed by atoms with Crippen LogP contribution in [0.5, 0.6) is 0 Å². The van der Waals surface area contributed by atoms with E-state index in [1.807, 2.05) is 6.92 Å². The fourth-order valence-electron chi connectivity index (χ4n) is 1.34. The van der Waals surface area contributed by atoms with Crippen LogP contribution in [0.15, 0.2) is 46.6 Å². The van der Waals surface area contributed by atoms with E-state index in [1.165, 1.54) is 12.1 Å².